The van der Waals surface area contributed by atoms with Crippen molar-refractivity contribution in [3.63, 3.8) is 0 Å². The van der Waals surface area contributed by atoms with Gasteiger partial charge >= 0.3 is 0 Å². The second-order valence-corrected chi connectivity index (χ2v) is 7.16. The summed E-state index contributed by atoms with van der Waals surface area (Å²) < 4.78 is 0. The number of aryl methyl sites for hydroxylation is 1. The molecule has 0 atom stereocenters. The minimum absolute atomic E-state index is 1.18. The van der Waals surface area contributed by atoms with E-state index in [0.717, 1.165) is 0 Å². The van der Waals surface area contributed by atoms with Crippen molar-refractivity contribution in [2.45, 2.75) is 52.4 Å². The number of aromatic nitrogens is 1. The Bertz CT molecular complexity index is 544. The largest absolute Gasteiger partial charge is 0.381 e. The lowest BCUT2D eigenvalue weighted by Crippen LogP contribution is -2.07. The summed E-state index contributed by atoms with van der Waals surface area (Å²) in [5.74, 6) is 0. The molecule has 0 aliphatic heterocycles. The molecule has 1 aromatic heterocycles. The van der Waals surface area contributed by atoms with Crippen molar-refractivity contribution < 1.29 is 0 Å². The van der Waals surface area contributed by atoms with Gasteiger partial charge in [0.25, 0.3) is 0 Å². The predicted octanol–water partition coefficient (Wildman–Crippen LogP) is 6.27. The molecule has 0 saturated heterocycles. The number of hydrogen-bond donors (Lipinski definition) is 0. The van der Waals surface area contributed by atoms with Crippen LogP contribution < -0.4 is 0 Å². The van der Waals surface area contributed by atoms with E-state index in [2.05, 4.69) is 73.5 Å². The van der Waals surface area contributed by atoms with Crippen LogP contribution in [0.2, 0.25) is 0 Å². The second-order valence-electron chi connectivity index (χ2n) is 6.18. The van der Waals surface area contributed by atoms with E-state index in [9.17, 15) is 0 Å². The summed E-state index contributed by atoms with van der Waals surface area (Å²) in [4.78, 5) is 6.36. The van der Waals surface area contributed by atoms with Gasteiger partial charge in [-0.15, -0.1) is 11.3 Å². The van der Waals surface area contributed by atoms with E-state index in [1.807, 2.05) is 12.3 Å². The van der Waals surface area contributed by atoms with E-state index in [-0.39, 0.29) is 0 Å². The third-order valence-corrected chi connectivity index (χ3v) is 4.70. The first kappa shape index (κ1) is 20.4. The molecule has 132 valence electrons. The summed E-state index contributed by atoms with van der Waals surface area (Å²) in [7, 11) is 4.10. The summed E-state index contributed by atoms with van der Waals surface area (Å²) in [6.45, 7) is 4.35. The van der Waals surface area contributed by atoms with Crippen LogP contribution in [0.5, 0.6) is 0 Å². The average molecular weight is 345 g/mol. The van der Waals surface area contributed by atoms with Gasteiger partial charge in [-0.25, -0.2) is 4.98 Å². The SMILES string of the molecule is CC(=Cc1ccccc1)N(C)C.CCCCCCCc1nccs1. The number of allylic oxidation sites excluding steroid dienone is 1. The number of thiazole rings is 1. The van der Waals surface area contributed by atoms with E-state index in [0.29, 0.717) is 0 Å². The van der Waals surface area contributed by atoms with Crippen LogP contribution >= 0.6 is 11.3 Å². The lowest BCUT2D eigenvalue weighted by Gasteiger charge is -2.12. The first-order valence-electron chi connectivity index (χ1n) is 8.92. The van der Waals surface area contributed by atoms with Gasteiger partial charge in [0.15, 0.2) is 0 Å². The third-order valence-electron chi connectivity index (χ3n) is 3.86. The molecule has 2 rings (SSSR count). The van der Waals surface area contributed by atoms with Gasteiger partial charge in [0.2, 0.25) is 0 Å². The highest BCUT2D eigenvalue weighted by atomic mass is 32.1. The highest BCUT2D eigenvalue weighted by Gasteiger charge is 1.94. The van der Waals surface area contributed by atoms with E-state index >= 15 is 0 Å². The molecule has 0 radical (unpaired) electrons. The van der Waals surface area contributed by atoms with E-state index < -0.39 is 0 Å². The van der Waals surface area contributed by atoms with Crippen LogP contribution in [0.15, 0.2) is 47.6 Å². The molecule has 0 N–H and O–H groups in total. The Balaban J connectivity index is 0.000000240. The van der Waals surface area contributed by atoms with Crippen LogP contribution in [0.25, 0.3) is 6.08 Å². The van der Waals surface area contributed by atoms with E-state index in [1.54, 1.807) is 11.3 Å². The minimum atomic E-state index is 1.18. The zero-order valence-corrected chi connectivity index (χ0v) is 16.5. The fraction of sp³-hybridized carbons (Fsp3) is 0.476. The van der Waals surface area contributed by atoms with Gasteiger partial charge in [-0.1, -0.05) is 62.9 Å². The monoisotopic (exact) mass is 344 g/mol. The standard InChI is InChI=1S/C11H15N.C10H17NS/c1-10(12(2)3)9-11-7-5-4-6-8-11;1-2-3-4-5-6-7-10-11-8-9-12-10/h4-9H,1-3H3;8-9H,2-7H2,1H3. The molecule has 0 unspecified atom stereocenters. The molecular formula is C21H32N2S. The number of benzene rings is 1. The topological polar surface area (TPSA) is 16.1 Å². The fourth-order valence-electron chi connectivity index (χ4n) is 2.18. The molecule has 0 spiro atoms. The van der Waals surface area contributed by atoms with Crippen LogP contribution in [-0.4, -0.2) is 24.0 Å². The molecule has 3 heteroatoms. The van der Waals surface area contributed by atoms with Crippen LogP contribution in [0, 0.1) is 0 Å². The highest BCUT2D eigenvalue weighted by Crippen LogP contribution is 2.10. The zero-order chi connectivity index (χ0) is 17.6. The molecule has 2 aromatic rings. The lowest BCUT2D eigenvalue weighted by atomic mass is 10.1. The quantitative estimate of drug-likeness (QED) is 0.525. The van der Waals surface area contributed by atoms with Gasteiger partial charge in [0, 0.05) is 31.4 Å². The summed E-state index contributed by atoms with van der Waals surface area (Å²) >= 11 is 1.78. The summed E-state index contributed by atoms with van der Waals surface area (Å²) in [6, 6.07) is 10.3. The molecule has 2 nitrogen and oxygen atoms in total. The van der Waals surface area contributed by atoms with Crippen LogP contribution in [-0.2, 0) is 6.42 Å². The number of hydrogen-bond acceptors (Lipinski definition) is 3. The van der Waals surface area contributed by atoms with Crippen LogP contribution in [0.1, 0.15) is 56.5 Å². The fourth-order valence-corrected chi connectivity index (χ4v) is 2.84. The molecule has 0 saturated carbocycles. The third kappa shape index (κ3) is 9.51. The number of unbranched alkanes of at least 4 members (excludes halogenated alkanes) is 4. The van der Waals surface area contributed by atoms with Crippen LogP contribution in [0.3, 0.4) is 0 Å². The van der Waals surface area contributed by atoms with Crippen molar-refractivity contribution >= 4 is 17.4 Å². The molecule has 1 heterocycles. The van der Waals surface area contributed by atoms with Gasteiger partial charge in [0.05, 0.1) is 5.01 Å². The van der Waals surface area contributed by atoms with Gasteiger partial charge in [0.1, 0.15) is 0 Å². The Morgan fingerprint density at radius 3 is 2.38 bits per heavy atom. The highest BCUT2D eigenvalue weighted by molar-refractivity contribution is 7.09. The van der Waals surface area contributed by atoms with Crippen molar-refractivity contribution in [3.8, 4) is 0 Å². The van der Waals surface area contributed by atoms with Crippen molar-refractivity contribution in [3.05, 3.63) is 58.2 Å². The Morgan fingerprint density at radius 1 is 1.08 bits per heavy atom. The summed E-state index contributed by atoms with van der Waals surface area (Å²) in [5, 5.41) is 3.35. The minimum Gasteiger partial charge on any atom is -0.381 e. The smallest absolute Gasteiger partial charge is 0.0924 e. The van der Waals surface area contributed by atoms with Gasteiger partial charge in [-0.2, -0.15) is 0 Å². The Morgan fingerprint density at radius 2 is 1.79 bits per heavy atom. The summed E-state index contributed by atoms with van der Waals surface area (Å²) in [6.07, 6.45) is 12.0. The van der Waals surface area contributed by atoms with Crippen molar-refractivity contribution in [1.82, 2.24) is 9.88 Å². The molecule has 24 heavy (non-hydrogen) atoms. The maximum absolute atomic E-state index is 4.25. The van der Waals surface area contributed by atoms with Crippen LogP contribution in [0.4, 0.5) is 0 Å². The van der Waals surface area contributed by atoms with Gasteiger partial charge in [-0.3, -0.25) is 0 Å². The Hall–Kier alpha value is -1.61. The molecular weight excluding hydrogens is 312 g/mol. The molecule has 0 amide bonds. The Labute approximate surface area is 152 Å². The predicted molar refractivity (Wildman–Crippen MR) is 108 cm³/mol. The maximum Gasteiger partial charge on any atom is 0.0924 e. The molecule has 0 aliphatic carbocycles. The first-order valence-corrected chi connectivity index (χ1v) is 9.80. The molecule has 0 fully saturated rings. The molecule has 1 aromatic carbocycles. The van der Waals surface area contributed by atoms with E-state index in [4.69, 9.17) is 0 Å². The maximum atomic E-state index is 4.25. The van der Waals surface area contributed by atoms with Gasteiger partial charge < -0.3 is 4.90 Å². The van der Waals surface area contributed by atoms with E-state index in [1.165, 1.54) is 54.8 Å². The molecule has 0 bridgehead atoms. The van der Waals surface area contributed by atoms with Crippen molar-refractivity contribution in [1.29, 1.82) is 0 Å². The van der Waals surface area contributed by atoms with Crippen molar-refractivity contribution in [2.24, 2.45) is 0 Å². The van der Waals surface area contributed by atoms with Gasteiger partial charge in [-0.05, 0) is 31.4 Å². The normalized spacial score (nSPS) is 10.9. The number of nitrogens with zero attached hydrogens (tertiary/aromatic N) is 2. The first-order chi connectivity index (χ1) is 11.6. The molecule has 0 aliphatic rings. The zero-order valence-electron chi connectivity index (χ0n) is 15.7. The lowest BCUT2D eigenvalue weighted by molar-refractivity contribution is 0.518. The second kappa shape index (κ2) is 12.8. The number of rotatable bonds is 8. The summed E-state index contributed by atoms with van der Waals surface area (Å²) in [5.41, 5.74) is 2.52. The average Bonchev–Trinajstić information content (AvgIpc) is 3.09. The Kier molecular flexibility index (Phi) is 10.9. The van der Waals surface area contributed by atoms with Crippen molar-refractivity contribution in [2.75, 3.05) is 14.1 Å².